The maximum atomic E-state index is 4.38. The van der Waals surface area contributed by atoms with Crippen LogP contribution in [0.2, 0.25) is 0 Å². The second-order valence-electron chi connectivity index (χ2n) is 7.16. The van der Waals surface area contributed by atoms with Crippen LogP contribution in [-0.4, -0.2) is 63.2 Å². The molecule has 1 aromatic carbocycles. The van der Waals surface area contributed by atoms with Crippen LogP contribution in [0.3, 0.4) is 0 Å². The Balaban J connectivity index is 0.00000312. The normalized spacial score (nSPS) is 18.3. The van der Waals surface area contributed by atoms with Crippen molar-refractivity contribution in [3.05, 3.63) is 28.7 Å². The number of halogens is 2. The number of benzene rings is 1. The van der Waals surface area contributed by atoms with Gasteiger partial charge >= 0.3 is 0 Å². The molecule has 1 saturated heterocycles. The minimum absolute atomic E-state index is 0. The van der Waals surface area contributed by atoms with E-state index in [2.05, 4.69) is 93.6 Å². The average Bonchev–Trinajstić information content (AvgIpc) is 3.00. The van der Waals surface area contributed by atoms with E-state index in [1.807, 2.05) is 7.05 Å². The lowest BCUT2D eigenvalue weighted by Crippen LogP contribution is -2.52. The number of hydrogen-bond acceptors (Lipinski definition) is 3. The highest BCUT2D eigenvalue weighted by Gasteiger charge is 2.25. The lowest BCUT2D eigenvalue weighted by molar-refractivity contribution is 0.197. The highest BCUT2D eigenvalue weighted by Crippen LogP contribution is 2.28. The lowest BCUT2D eigenvalue weighted by atomic mass is 10.0. The standard InChI is InChI=1S/C18H30BrN5.HI/c1-18(2,23(4)5)13-21-17(20-3)22-14-10-11-24(12-14)16-9-7-6-8-15(16)19;/h6-9,14H,10-13H2,1-5H3,(H2,20,21,22);1H. The third kappa shape index (κ3) is 6.29. The lowest BCUT2D eigenvalue weighted by Gasteiger charge is -2.33. The molecule has 5 nitrogen and oxygen atoms in total. The first-order valence-corrected chi connectivity index (χ1v) is 9.27. The Morgan fingerprint density at radius 1 is 1.36 bits per heavy atom. The van der Waals surface area contributed by atoms with Crippen molar-refractivity contribution >= 4 is 51.6 Å². The van der Waals surface area contributed by atoms with Crippen molar-refractivity contribution in [3.63, 3.8) is 0 Å². The van der Waals surface area contributed by atoms with Crippen molar-refractivity contribution in [2.24, 2.45) is 4.99 Å². The molecule has 1 unspecified atom stereocenters. The number of para-hydroxylation sites is 1. The predicted molar refractivity (Wildman–Crippen MR) is 122 cm³/mol. The maximum Gasteiger partial charge on any atom is 0.191 e. The second-order valence-corrected chi connectivity index (χ2v) is 8.01. The Bertz CT molecular complexity index is 576. The summed E-state index contributed by atoms with van der Waals surface area (Å²) in [6.07, 6.45) is 1.11. The van der Waals surface area contributed by atoms with Crippen molar-refractivity contribution in [3.8, 4) is 0 Å². The van der Waals surface area contributed by atoms with Crippen LogP contribution < -0.4 is 15.5 Å². The molecule has 0 amide bonds. The smallest absolute Gasteiger partial charge is 0.191 e. The summed E-state index contributed by atoms with van der Waals surface area (Å²) in [5, 5.41) is 7.01. The highest BCUT2D eigenvalue weighted by atomic mass is 127. The summed E-state index contributed by atoms with van der Waals surface area (Å²) in [6, 6.07) is 8.81. The molecule has 25 heavy (non-hydrogen) atoms. The van der Waals surface area contributed by atoms with E-state index in [1.165, 1.54) is 5.69 Å². The van der Waals surface area contributed by atoms with Gasteiger partial charge in [-0.3, -0.25) is 4.99 Å². The number of rotatable bonds is 5. The number of nitrogens with zero attached hydrogens (tertiary/aromatic N) is 3. The Kier molecular flexibility index (Phi) is 8.97. The summed E-state index contributed by atoms with van der Waals surface area (Å²) >= 11 is 3.65. The molecule has 2 rings (SSSR count). The van der Waals surface area contributed by atoms with E-state index in [4.69, 9.17) is 0 Å². The fraction of sp³-hybridized carbons (Fsp3) is 0.611. The molecule has 1 atom stereocenters. The van der Waals surface area contributed by atoms with Crippen molar-refractivity contribution in [1.29, 1.82) is 0 Å². The summed E-state index contributed by atoms with van der Waals surface area (Å²) in [5.74, 6) is 0.879. The third-order valence-corrected chi connectivity index (χ3v) is 5.52. The third-order valence-electron chi connectivity index (χ3n) is 4.84. The summed E-state index contributed by atoms with van der Waals surface area (Å²) in [5.41, 5.74) is 1.34. The monoisotopic (exact) mass is 523 g/mol. The predicted octanol–water partition coefficient (Wildman–Crippen LogP) is 3.15. The largest absolute Gasteiger partial charge is 0.368 e. The van der Waals surface area contributed by atoms with Gasteiger partial charge in [0.2, 0.25) is 0 Å². The SMILES string of the molecule is CN=C(NCC(C)(C)N(C)C)NC1CCN(c2ccccc2Br)C1.I. The molecule has 1 aliphatic heterocycles. The molecule has 0 spiro atoms. The van der Waals surface area contributed by atoms with E-state index in [9.17, 15) is 0 Å². The van der Waals surface area contributed by atoms with Crippen LogP contribution in [0, 0.1) is 0 Å². The number of hydrogen-bond donors (Lipinski definition) is 2. The Morgan fingerprint density at radius 3 is 2.64 bits per heavy atom. The van der Waals surface area contributed by atoms with E-state index in [1.54, 1.807) is 0 Å². The topological polar surface area (TPSA) is 42.9 Å². The van der Waals surface area contributed by atoms with Crippen molar-refractivity contribution in [1.82, 2.24) is 15.5 Å². The van der Waals surface area contributed by atoms with E-state index in [-0.39, 0.29) is 29.5 Å². The van der Waals surface area contributed by atoms with E-state index in [0.717, 1.165) is 36.5 Å². The number of anilines is 1. The molecule has 1 heterocycles. The Hall–Kier alpha value is -0.540. The number of aliphatic imine (C=N–C) groups is 1. The number of nitrogens with one attached hydrogen (secondary N) is 2. The van der Waals surface area contributed by atoms with Gasteiger partial charge in [-0.25, -0.2) is 0 Å². The molecule has 0 bridgehead atoms. The van der Waals surface area contributed by atoms with Crippen LogP contribution in [-0.2, 0) is 0 Å². The molecule has 1 aliphatic rings. The van der Waals surface area contributed by atoms with Gasteiger partial charge in [0.15, 0.2) is 5.96 Å². The molecule has 1 aromatic rings. The Morgan fingerprint density at radius 2 is 2.04 bits per heavy atom. The summed E-state index contributed by atoms with van der Waals surface area (Å²) in [7, 11) is 6.04. The molecular formula is C18H31BrIN5. The first-order valence-electron chi connectivity index (χ1n) is 8.47. The van der Waals surface area contributed by atoms with Crippen LogP contribution in [0.25, 0.3) is 0 Å². The van der Waals surface area contributed by atoms with Gasteiger partial charge < -0.3 is 20.4 Å². The minimum atomic E-state index is 0. The molecule has 0 aliphatic carbocycles. The zero-order valence-corrected chi connectivity index (χ0v) is 19.8. The average molecular weight is 524 g/mol. The van der Waals surface area contributed by atoms with Gasteiger partial charge in [-0.15, -0.1) is 24.0 Å². The minimum Gasteiger partial charge on any atom is -0.368 e. The summed E-state index contributed by atoms with van der Waals surface area (Å²) < 4.78 is 1.15. The van der Waals surface area contributed by atoms with Gasteiger partial charge in [0, 0.05) is 42.7 Å². The zero-order chi connectivity index (χ0) is 17.7. The first-order chi connectivity index (χ1) is 11.3. The molecule has 2 N–H and O–H groups in total. The van der Waals surface area contributed by atoms with Gasteiger partial charge in [0.1, 0.15) is 0 Å². The van der Waals surface area contributed by atoms with Crippen molar-refractivity contribution in [2.45, 2.75) is 31.8 Å². The van der Waals surface area contributed by atoms with Crippen LogP contribution in [0.4, 0.5) is 5.69 Å². The van der Waals surface area contributed by atoms with E-state index < -0.39 is 0 Å². The molecule has 142 valence electrons. The van der Waals surface area contributed by atoms with Crippen LogP contribution in [0.1, 0.15) is 20.3 Å². The number of guanidine groups is 1. The second kappa shape index (κ2) is 9.97. The zero-order valence-electron chi connectivity index (χ0n) is 15.8. The van der Waals surface area contributed by atoms with Crippen LogP contribution in [0.15, 0.2) is 33.7 Å². The fourth-order valence-corrected chi connectivity index (χ4v) is 3.19. The van der Waals surface area contributed by atoms with Crippen LogP contribution in [0.5, 0.6) is 0 Å². The van der Waals surface area contributed by atoms with Crippen molar-refractivity contribution < 1.29 is 0 Å². The Labute approximate surface area is 177 Å². The summed E-state index contributed by atoms with van der Waals surface area (Å²) in [6.45, 7) is 7.33. The van der Waals surface area contributed by atoms with Gasteiger partial charge in [-0.2, -0.15) is 0 Å². The molecular weight excluding hydrogens is 493 g/mol. The molecule has 0 saturated carbocycles. The molecule has 7 heteroatoms. The van der Waals surface area contributed by atoms with E-state index >= 15 is 0 Å². The molecule has 0 aromatic heterocycles. The van der Waals surface area contributed by atoms with Gasteiger partial charge in [0.25, 0.3) is 0 Å². The molecule has 1 fully saturated rings. The van der Waals surface area contributed by atoms with Crippen LogP contribution >= 0.6 is 39.9 Å². The number of likely N-dealkylation sites (N-methyl/N-ethyl adjacent to an activating group) is 1. The first kappa shape index (κ1) is 22.5. The molecule has 0 radical (unpaired) electrons. The van der Waals surface area contributed by atoms with Gasteiger partial charge in [0.05, 0.1) is 5.69 Å². The highest BCUT2D eigenvalue weighted by molar-refractivity contribution is 14.0. The summed E-state index contributed by atoms with van der Waals surface area (Å²) in [4.78, 5) is 9.01. The van der Waals surface area contributed by atoms with E-state index in [0.29, 0.717) is 6.04 Å². The van der Waals surface area contributed by atoms with Gasteiger partial charge in [-0.1, -0.05) is 12.1 Å². The quantitative estimate of drug-likeness (QED) is 0.353. The fourth-order valence-electron chi connectivity index (χ4n) is 2.65. The van der Waals surface area contributed by atoms with Gasteiger partial charge in [-0.05, 0) is 62.4 Å². The maximum absolute atomic E-state index is 4.38. The van der Waals surface area contributed by atoms with Crippen molar-refractivity contribution in [2.75, 3.05) is 45.7 Å².